The summed E-state index contributed by atoms with van der Waals surface area (Å²) in [7, 11) is 1.53. The number of amides is 2. The molecule has 0 aliphatic carbocycles. The van der Waals surface area contributed by atoms with Gasteiger partial charge in [-0.3, -0.25) is 9.59 Å². The Labute approximate surface area is 146 Å². The fraction of sp³-hybridized carbons (Fsp3) is 0.211. The van der Waals surface area contributed by atoms with Crippen molar-refractivity contribution in [3.8, 4) is 11.8 Å². The molecule has 0 aliphatic rings. The molecule has 0 fully saturated rings. The largest absolute Gasteiger partial charge is 0.495 e. The Kier molecular flexibility index (Phi) is 6.13. The minimum atomic E-state index is -0.240. The Balaban J connectivity index is 2.05. The van der Waals surface area contributed by atoms with E-state index >= 15 is 0 Å². The molecule has 0 saturated carbocycles. The summed E-state index contributed by atoms with van der Waals surface area (Å²) < 4.78 is 5.28. The molecule has 2 rings (SSSR count). The molecule has 128 valence electrons. The van der Waals surface area contributed by atoms with Crippen LogP contribution in [-0.4, -0.2) is 25.5 Å². The van der Waals surface area contributed by atoms with Crippen LogP contribution in [0.4, 0.5) is 11.4 Å². The van der Waals surface area contributed by atoms with Gasteiger partial charge in [-0.2, -0.15) is 5.26 Å². The van der Waals surface area contributed by atoms with E-state index in [9.17, 15) is 9.59 Å². The average molecular weight is 337 g/mol. The van der Waals surface area contributed by atoms with E-state index in [-0.39, 0.29) is 24.8 Å². The zero-order valence-electron chi connectivity index (χ0n) is 14.2. The second-order valence-corrected chi connectivity index (χ2v) is 5.33. The summed E-state index contributed by atoms with van der Waals surface area (Å²) in [4.78, 5) is 25.6. The van der Waals surface area contributed by atoms with Crippen molar-refractivity contribution >= 4 is 23.2 Å². The van der Waals surface area contributed by atoms with Crippen molar-refractivity contribution in [3.63, 3.8) is 0 Å². The first-order valence-corrected chi connectivity index (χ1v) is 7.76. The van der Waals surface area contributed by atoms with Crippen LogP contribution in [0.15, 0.2) is 48.5 Å². The van der Waals surface area contributed by atoms with Crippen molar-refractivity contribution in [3.05, 3.63) is 54.1 Å². The Morgan fingerprint density at radius 3 is 2.64 bits per heavy atom. The van der Waals surface area contributed by atoms with E-state index < -0.39 is 0 Å². The maximum absolute atomic E-state index is 12.2. The van der Waals surface area contributed by atoms with Gasteiger partial charge in [0.25, 0.3) is 0 Å². The van der Waals surface area contributed by atoms with Crippen molar-refractivity contribution in [1.82, 2.24) is 0 Å². The molecule has 0 heterocycles. The van der Waals surface area contributed by atoms with E-state index in [0.717, 1.165) is 0 Å². The molecule has 0 aliphatic heterocycles. The number of anilines is 2. The number of ether oxygens (including phenoxy) is 1. The standard InChI is InChI=1S/C19H19N3O3/c1-14(23)22(17-8-3-4-9-18(17)25-2)11-10-19(24)21-16-7-5-6-15(12-16)13-20/h3-9,12H,10-11H2,1-2H3,(H,21,24). The van der Waals surface area contributed by atoms with Crippen LogP contribution in [0.5, 0.6) is 5.75 Å². The highest BCUT2D eigenvalue weighted by molar-refractivity contribution is 5.95. The maximum Gasteiger partial charge on any atom is 0.226 e. The molecular weight excluding hydrogens is 318 g/mol. The Morgan fingerprint density at radius 2 is 1.96 bits per heavy atom. The Morgan fingerprint density at radius 1 is 1.20 bits per heavy atom. The van der Waals surface area contributed by atoms with Gasteiger partial charge in [-0.05, 0) is 30.3 Å². The first-order chi connectivity index (χ1) is 12.0. The van der Waals surface area contributed by atoms with E-state index in [1.54, 1.807) is 42.5 Å². The lowest BCUT2D eigenvalue weighted by molar-refractivity contribution is -0.117. The van der Waals surface area contributed by atoms with Crippen molar-refractivity contribution in [1.29, 1.82) is 5.26 Å². The van der Waals surface area contributed by atoms with Crippen molar-refractivity contribution < 1.29 is 14.3 Å². The summed E-state index contributed by atoms with van der Waals surface area (Å²) in [6.45, 7) is 1.67. The lowest BCUT2D eigenvalue weighted by atomic mass is 10.2. The van der Waals surface area contributed by atoms with Crippen LogP contribution in [0.3, 0.4) is 0 Å². The molecule has 6 heteroatoms. The first kappa shape index (κ1) is 18.0. The van der Waals surface area contributed by atoms with Gasteiger partial charge in [0.2, 0.25) is 11.8 Å². The van der Waals surface area contributed by atoms with Gasteiger partial charge in [0.15, 0.2) is 0 Å². The summed E-state index contributed by atoms with van der Waals surface area (Å²) >= 11 is 0. The first-order valence-electron chi connectivity index (χ1n) is 7.76. The quantitative estimate of drug-likeness (QED) is 0.878. The lowest BCUT2D eigenvalue weighted by Gasteiger charge is -2.23. The van der Waals surface area contributed by atoms with Gasteiger partial charge in [-0.15, -0.1) is 0 Å². The van der Waals surface area contributed by atoms with Crippen LogP contribution in [0.25, 0.3) is 0 Å². The number of para-hydroxylation sites is 2. The molecule has 2 aromatic rings. The molecule has 2 aromatic carbocycles. The summed E-state index contributed by atoms with van der Waals surface area (Å²) in [5, 5.41) is 11.6. The predicted molar refractivity (Wildman–Crippen MR) is 95.4 cm³/mol. The number of hydrogen-bond acceptors (Lipinski definition) is 4. The van der Waals surface area contributed by atoms with Crippen LogP contribution in [-0.2, 0) is 9.59 Å². The number of nitriles is 1. The number of methoxy groups -OCH3 is 1. The van der Waals surface area contributed by atoms with Gasteiger partial charge in [-0.1, -0.05) is 18.2 Å². The average Bonchev–Trinajstić information content (AvgIpc) is 2.62. The normalized spacial score (nSPS) is 9.80. The number of hydrogen-bond donors (Lipinski definition) is 1. The molecule has 0 bridgehead atoms. The van der Waals surface area contributed by atoms with Crippen LogP contribution in [0.2, 0.25) is 0 Å². The molecule has 0 unspecified atom stereocenters. The van der Waals surface area contributed by atoms with Gasteiger partial charge in [-0.25, -0.2) is 0 Å². The number of carbonyl (C=O) groups is 2. The predicted octanol–water partition coefficient (Wildman–Crippen LogP) is 2.95. The summed E-state index contributed by atoms with van der Waals surface area (Å²) in [6, 6.07) is 15.8. The van der Waals surface area contributed by atoms with Crippen LogP contribution < -0.4 is 15.0 Å². The molecular formula is C19H19N3O3. The van der Waals surface area contributed by atoms with Gasteiger partial charge in [0, 0.05) is 25.6 Å². The SMILES string of the molecule is COc1ccccc1N(CCC(=O)Nc1cccc(C#N)c1)C(C)=O. The lowest BCUT2D eigenvalue weighted by Crippen LogP contribution is -2.32. The molecule has 0 radical (unpaired) electrons. The minimum absolute atomic E-state index is 0.119. The molecule has 0 atom stereocenters. The van der Waals surface area contributed by atoms with Gasteiger partial charge >= 0.3 is 0 Å². The summed E-state index contributed by atoms with van der Waals surface area (Å²) in [5.41, 5.74) is 1.64. The zero-order valence-corrected chi connectivity index (χ0v) is 14.2. The number of benzene rings is 2. The highest BCUT2D eigenvalue weighted by atomic mass is 16.5. The van der Waals surface area contributed by atoms with E-state index in [4.69, 9.17) is 10.00 Å². The topological polar surface area (TPSA) is 82.4 Å². The molecule has 6 nitrogen and oxygen atoms in total. The summed E-state index contributed by atoms with van der Waals surface area (Å²) in [5.74, 6) is 0.153. The van der Waals surface area contributed by atoms with Crippen LogP contribution >= 0.6 is 0 Å². The number of nitrogens with zero attached hydrogens (tertiary/aromatic N) is 2. The molecule has 25 heavy (non-hydrogen) atoms. The van der Waals surface area contributed by atoms with Crippen LogP contribution in [0, 0.1) is 11.3 Å². The van der Waals surface area contributed by atoms with Crippen LogP contribution in [0.1, 0.15) is 18.9 Å². The number of nitrogens with one attached hydrogen (secondary N) is 1. The number of carbonyl (C=O) groups excluding carboxylic acids is 2. The van der Waals surface area contributed by atoms with E-state index in [1.807, 2.05) is 12.1 Å². The van der Waals surface area contributed by atoms with Crippen molar-refractivity contribution in [2.45, 2.75) is 13.3 Å². The highest BCUT2D eigenvalue weighted by Crippen LogP contribution is 2.27. The minimum Gasteiger partial charge on any atom is -0.495 e. The third kappa shape index (κ3) is 4.82. The van der Waals surface area contributed by atoms with Crippen molar-refractivity contribution in [2.75, 3.05) is 23.9 Å². The van der Waals surface area contributed by atoms with E-state index in [0.29, 0.717) is 22.7 Å². The molecule has 0 spiro atoms. The Bertz CT molecular complexity index is 812. The molecule has 0 saturated heterocycles. The molecule has 2 amide bonds. The highest BCUT2D eigenvalue weighted by Gasteiger charge is 2.17. The van der Waals surface area contributed by atoms with E-state index in [2.05, 4.69) is 5.32 Å². The molecule has 0 aromatic heterocycles. The third-order valence-electron chi connectivity index (χ3n) is 3.59. The maximum atomic E-state index is 12.2. The second-order valence-electron chi connectivity index (χ2n) is 5.33. The summed E-state index contributed by atoms with van der Waals surface area (Å²) in [6.07, 6.45) is 0.119. The smallest absolute Gasteiger partial charge is 0.226 e. The van der Waals surface area contributed by atoms with Gasteiger partial charge < -0.3 is 15.0 Å². The second kappa shape index (κ2) is 8.50. The number of rotatable bonds is 6. The fourth-order valence-corrected chi connectivity index (χ4v) is 2.40. The molecule has 1 N–H and O–H groups in total. The zero-order chi connectivity index (χ0) is 18.2. The fourth-order valence-electron chi connectivity index (χ4n) is 2.40. The Hall–Kier alpha value is -3.33. The van der Waals surface area contributed by atoms with Gasteiger partial charge in [0.05, 0.1) is 24.4 Å². The monoisotopic (exact) mass is 337 g/mol. The van der Waals surface area contributed by atoms with Crippen molar-refractivity contribution in [2.24, 2.45) is 0 Å². The third-order valence-corrected chi connectivity index (χ3v) is 3.59. The van der Waals surface area contributed by atoms with Gasteiger partial charge in [0.1, 0.15) is 5.75 Å². The van der Waals surface area contributed by atoms with E-state index in [1.165, 1.54) is 18.9 Å².